The zero-order chi connectivity index (χ0) is 16.1. The van der Waals surface area contributed by atoms with Crippen LogP contribution in [0.4, 0.5) is 9.59 Å². The summed E-state index contributed by atoms with van der Waals surface area (Å²) in [6.07, 6.45) is 5.28. The zero-order valence-corrected chi connectivity index (χ0v) is 15.2. The van der Waals surface area contributed by atoms with Gasteiger partial charge in [-0.25, -0.2) is 0 Å². The van der Waals surface area contributed by atoms with Crippen molar-refractivity contribution in [1.82, 2.24) is 0 Å². The van der Waals surface area contributed by atoms with Gasteiger partial charge in [-0.3, -0.25) is 9.59 Å². The Morgan fingerprint density at radius 3 is 1.38 bits per heavy atom. The number of rotatable bonds is 12. The first-order valence-electron chi connectivity index (χ1n) is 8.43. The number of carbonyl (C=O) groups is 2. The molecule has 0 atom stereocenters. The van der Waals surface area contributed by atoms with Gasteiger partial charge in [0.15, 0.2) is 0 Å². The maximum atomic E-state index is 12.5. The van der Waals surface area contributed by atoms with E-state index in [2.05, 4.69) is 13.8 Å². The molecule has 0 bridgehead atoms. The Kier molecular flexibility index (Phi) is 11.3. The third-order valence-corrected chi connectivity index (χ3v) is 8.16. The van der Waals surface area contributed by atoms with Crippen molar-refractivity contribution in [2.24, 2.45) is 0 Å². The lowest BCUT2D eigenvalue weighted by Crippen LogP contribution is -2.53. The van der Waals surface area contributed by atoms with Crippen molar-refractivity contribution >= 4 is 19.3 Å². The molecule has 0 aliphatic rings. The van der Waals surface area contributed by atoms with Gasteiger partial charge in [-0.2, -0.15) is 0 Å². The average Bonchev–Trinajstić information content (AvgIpc) is 2.47. The van der Waals surface area contributed by atoms with Gasteiger partial charge in [0, 0.05) is 0 Å². The van der Waals surface area contributed by atoms with Gasteiger partial charge in [0.05, 0.1) is 13.2 Å². The van der Waals surface area contributed by atoms with Crippen molar-refractivity contribution in [2.75, 3.05) is 13.2 Å². The quantitative estimate of drug-likeness (QED) is 0.362. The van der Waals surface area contributed by atoms with Crippen LogP contribution in [-0.4, -0.2) is 32.5 Å². The Balaban J connectivity index is 4.94. The molecule has 0 fully saturated rings. The minimum atomic E-state index is -2.82. The molecule has 0 unspecified atom stereocenters. The fourth-order valence-electron chi connectivity index (χ4n) is 2.36. The van der Waals surface area contributed by atoms with Gasteiger partial charge in [0.1, 0.15) is 0 Å². The zero-order valence-electron chi connectivity index (χ0n) is 14.2. The van der Waals surface area contributed by atoms with Gasteiger partial charge in [-0.1, -0.05) is 53.4 Å². The molecule has 0 aliphatic carbocycles. The molecular formula is C16H32O4Si. The Morgan fingerprint density at radius 1 is 0.714 bits per heavy atom. The molecule has 0 saturated heterocycles. The van der Waals surface area contributed by atoms with E-state index in [1.54, 1.807) is 0 Å². The third kappa shape index (κ3) is 6.63. The van der Waals surface area contributed by atoms with Crippen LogP contribution in [0.1, 0.15) is 66.2 Å². The Morgan fingerprint density at radius 2 is 1.10 bits per heavy atom. The van der Waals surface area contributed by atoms with E-state index in [9.17, 15) is 9.59 Å². The SMILES string of the molecule is CCCCOC(=O)[Si](CCC)(CCC)C(=O)OCCCC. The van der Waals surface area contributed by atoms with Crippen LogP contribution in [0.5, 0.6) is 0 Å². The molecule has 0 aromatic rings. The second kappa shape index (κ2) is 11.8. The monoisotopic (exact) mass is 316 g/mol. The molecule has 0 rings (SSSR count). The highest BCUT2D eigenvalue weighted by molar-refractivity contribution is 7.23. The minimum Gasteiger partial charge on any atom is -0.470 e. The summed E-state index contributed by atoms with van der Waals surface area (Å²) in [5.74, 6) is 0. The highest BCUT2D eigenvalue weighted by Gasteiger charge is 2.51. The Bertz CT molecular complexity index is 275. The van der Waals surface area contributed by atoms with Crippen LogP contribution >= 0.6 is 0 Å². The highest BCUT2D eigenvalue weighted by Crippen LogP contribution is 2.25. The van der Waals surface area contributed by atoms with E-state index >= 15 is 0 Å². The van der Waals surface area contributed by atoms with Gasteiger partial charge >= 0.3 is 8.07 Å². The second-order valence-electron chi connectivity index (χ2n) is 5.56. The normalized spacial score (nSPS) is 11.2. The number of hydrogen-bond acceptors (Lipinski definition) is 4. The van der Waals surface area contributed by atoms with E-state index in [1.165, 1.54) is 0 Å². The van der Waals surface area contributed by atoms with E-state index in [0.29, 0.717) is 25.3 Å². The summed E-state index contributed by atoms with van der Waals surface area (Å²) in [6, 6.07) is 1.27. The Hall–Kier alpha value is -0.843. The minimum absolute atomic E-state index is 0.263. The summed E-state index contributed by atoms with van der Waals surface area (Å²) in [7, 11) is -2.82. The van der Waals surface area contributed by atoms with Crippen LogP contribution in [0.25, 0.3) is 0 Å². The summed E-state index contributed by atoms with van der Waals surface area (Å²) in [4.78, 5) is 25.1. The van der Waals surface area contributed by atoms with Crippen molar-refractivity contribution < 1.29 is 19.1 Å². The van der Waals surface area contributed by atoms with E-state index in [0.717, 1.165) is 38.5 Å². The molecular weight excluding hydrogens is 284 g/mol. The number of unbranched alkanes of at least 4 members (excludes halogenated alkanes) is 2. The predicted octanol–water partition coefficient (Wildman–Crippen LogP) is 5.29. The molecule has 0 spiro atoms. The molecule has 5 heteroatoms. The molecule has 0 heterocycles. The first-order valence-corrected chi connectivity index (χ1v) is 10.8. The topological polar surface area (TPSA) is 52.6 Å². The molecule has 4 nitrogen and oxygen atoms in total. The molecule has 0 N–H and O–H groups in total. The van der Waals surface area contributed by atoms with Crippen molar-refractivity contribution in [1.29, 1.82) is 0 Å². The summed E-state index contributed by atoms with van der Waals surface area (Å²) in [5, 5.41) is 0. The maximum Gasteiger partial charge on any atom is 0.311 e. The lowest BCUT2D eigenvalue weighted by Gasteiger charge is -2.26. The lowest BCUT2D eigenvalue weighted by atomic mass is 10.4. The standard InChI is InChI=1S/C16H32O4Si/c1-5-9-11-19-15(17)21(13-7-3,14-8-4)16(18)20-12-10-6-2/h5-14H2,1-4H3. The van der Waals surface area contributed by atoms with Crippen molar-refractivity contribution in [2.45, 2.75) is 78.3 Å². The first kappa shape index (κ1) is 20.2. The van der Waals surface area contributed by atoms with E-state index < -0.39 is 8.07 Å². The predicted molar refractivity (Wildman–Crippen MR) is 88.5 cm³/mol. The number of ether oxygens (including phenoxy) is 2. The fourth-order valence-corrected chi connectivity index (χ4v) is 6.06. The largest absolute Gasteiger partial charge is 0.470 e. The van der Waals surface area contributed by atoms with Gasteiger partial charge in [-0.05, 0) is 24.9 Å². The average molecular weight is 317 g/mol. The van der Waals surface area contributed by atoms with E-state index in [1.807, 2.05) is 13.8 Å². The van der Waals surface area contributed by atoms with Crippen LogP contribution in [0, 0.1) is 0 Å². The molecule has 0 aromatic carbocycles. The van der Waals surface area contributed by atoms with E-state index in [-0.39, 0.29) is 11.2 Å². The first-order chi connectivity index (χ1) is 10.1. The van der Waals surface area contributed by atoms with Crippen molar-refractivity contribution in [3.8, 4) is 0 Å². The van der Waals surface area contributed by atoms with Crippen LogP contribution < -0.4 is 0 Å². The molecule has 0 saturated carbocycles. The fraction of sp³-hybridized carbons (Fsp3) is 0.875. The summed E-state index contributed by atoms with van der Waals surface area (Å²) >= 11 is 0. The van der Waals surface area contributed by atoms with Gasteiger partial charge in [-0.15, -0.1) is 0 Å². The van der Waals surface area contributed by atoms with Crippen molar-refractivity contribution in [3.63, 3.8) is 0 Å². The van der Waals surface area contributed by atoms with E-state index in [4.69, 9.17) is 9.47 Å². The summed E-state index contributed by atoms with van der Waals surface area (Å²) in [6.45, 7) is 8.96. The molecule has 0 aromatic heterocycles. The van der Waals surface area contributed by atoms with Crippen LogP contribution in [-0.2, 0) is 9.47 Å². The van der Waals surface area contributed by atoms with Gasteiger partial charge in [0.2, 0.25) is 0 Å². The van der Waals surface area contributed by atoms with Crippen molar-refractivity contribution in [3.05, 3.63) is 0 Å². The van der Waals surface area contributed by atoms with Crippen LogP contribution in [0.2, 0.25) is 12.1 Å². The molecule has 0 radical (unpaired) electrons. The molecule has 0 aliphatic heterocycles. The molecule has 21 heavy (non-hydrogen) atoms. The summed E-state index contributed by atoms with van der Waals surface area (Å²) in [5.41, 5.74) is -0.526. The van der Waals surface area contributed by atoms with Gasteiger partial charge < -0.3 is 9.47 Å². The smallest absolute Gasteiger partial charge is 0.311 e. The lowest BCUT2D eigenvalue weighted by molar-refractivity contribution is 0.158. The van der Waals surface area contributed by atoms with Crippen LogP contribution in [0.3, 0.4) is 0 Å². The highest BCUT2D eigenvalue weighted by atomic mass is 28.3. The second-order valence-corrected chi connectivity index (χ2v) is 9.54. The van der Waals surface area contributed by atoms with Crippen LogP contribution in [0.15, 0.2) is 0 Å². The van der Waals surface area contributed by atoms with Gasteiger partial charge in [0.25, 0.3) is 11.2 Å². The Labute approximate surface area is 130 Å². The maximum absolute atomic E-state index is 12.5. The molecule has 124 valence electrons. The third-order valence-electron chi connectivity index (χ3n) is 3.60. The summed E-state index contributed by atoms with van der Waals surface area (Å²) < 4.78 is 10.8. The number of hydrogen-bond donors (Lipinski definition) is 0. The number of carbonyl (C=O) groups excluding carboxylic acids is 2. The molecule has 0 amide bonds.